The van der Waals surface area contributed by atoms with E-state index < -0.39 is 0 Å². The van der Waals surface area contributed by atoms with Crippen molar-refractivity contribution in [3.63, 3.8) is 0 Å². The smallest absolute Gasteiger partial charge is 0.227 e. The summed E-state index contributed by atoms with van der Waals surface area (Å²) in [6.07, 6.45) is 6.71. The van der Waals surface area contributed by atoms with E-state index >= 15 is 0 Å². The van der Waals surface area contributed by atoms with Crippen LogP contribution in [0.3, 0.4) is 0 Å². The van der Waals surface area contributed by atoms with Gasteiger partial charge >= 0.3 is 0 Å². The molecule has 3 fully saturated rings. The first kappa shape index (κ1) is 20.7. The highest BCUT2D eigenvalue weighted by Gasteiger charge is 2.31. The molecule has 6 rings (SSSR count). The summed E-state index contributed by atoms with van der Waals surface area (Å²) in [4.78, 5) is 14.4. The molecule has 2 unspecified atom stereocenters. The Balaban J connectivity index is 1.14. The summed E-state index contributed by atoms with van der Waals surface area (Å²) in [5, 5.41) is 14.1. The number of piperazine rings is 1. The van der Waals surface area contributed by atoms with Gasteiger partial charge in [0, 0.05) is 61.6 Å². The SMILES string of the molecule is OC1CCC(Oc2cccc3cnc(Nc4ccc(N5CCN(C6CC6)CC5)cc4)nc23)C1. The lowest BCUT2D eigenvalue weighted by Gasteiger charge is -2.36. The van der Waals surface area contributed by atoms with Crippen LogP contribution < -0.4 is 15.0 Å². The molecule has 1 aromatic heterocycles. The van der Waals surface area contributed by atoms with Crippen molar-refractivity contribution < 1.29 is 9.84 Å². The Morgan fingerprint density at radius 1 is 0.939 bits per heavy atom. The van der Waals surface area contributed by atoms with Crippen LogP contribution >= 0.6 is 0 Å². The van der Waals surface area contributed by atoms with Crippen molar-refractivity contribution in [2.75, 3.05) is 36.4 Å². The normalized spacial score (nSPS) is 23.7. The molecular formula is C26H31N5O2. The predicted octanol–water partition coefficient (Wildman–Crippen LogP) is 3.95. The van der Waals surface area contributed by atoms with E-state index in [1.807, 2.05) is 24.4 Å². The zero-order valence-corrected chi connectivity index (χ0v) is 18.9. The van der Waals surface area contributed by atoms with Crippen molar-refractivity contribution in [3.8, 4) is 5.75 Å². The number of rotatable bonds is 6. The van der Waals surface area contributed by atoms with Gasteiger partial charge in [0.25, 0.3) is 0 Å². The first-order chi connectivity index (χ1) is 16.2. The van der Waals surface area contributed by atoms with Crippen LogP contribution in [-0.2, 0) is 0 Å². The minimum absolute atomic E-state index is 0.0376. The maximum atomic E-state index is 9.82. The molecule has 0 bridgehead atoms. The van der Waals surface area contributed by atoms with Crippen LogP contribution in [0.4, 0.5) is 17.3 Å². The largest absolute Gasteiger partial charge is 0.488 e. The van der Waals surface area contributed by atoms with Gasteiger partial charge in [-0.2, -0.15) is 0 Å². The second kappa shape index (κ2) is 8.80. The number of hydrogen-bond acceptors (Lipinski definition) is 7. The van der Waals surface area contributed by atoms with Crippen LogP contribution in [-0.4, -0.2) is 64.4 Å². The second-order valence-electron chi connectivity index (χ2n) is 9.52. The van der Waals surface area contributed by atoms with Crippen molar-refractivity contribution in [3.05, 3.63) is 48.7 Å². The third kappa shape index (κ3) is 4.61. The van der Waals surface area contributed by atoms with Crippen LogP contribution in [0.1, 0.15) is 32.1 Å². The lowest BCUT2D eigenvalue weighted by molar-refractivity contribution is 0.150. The van der Waals surface area contributed by atoms with Gasteiger partial charge in [-0.05, 0) is 56.0 Å². The Morgan fingerprint density at radius 2 is 1.76 bits per heavy atom. The van der Waals surface area contributed by atoms with E-state index in [4.69, 9.17) is 9.72 Å². The van der Waals surface area contributed by atoms with Crippen LogP contribution in [0.15, 0.2) is 48.7 Å². The molecule has 7 heteroatoms. The lowest BCUT2D eigenvalue weighted by atomic mass is 10.2. The lowest BCUT2D eigenvalue weighted by Crippen LogP contribution is -2.47. The fraction of sp³-hybridized carbons (Fsp3) is 0.462. The fourth-order valence-electron chi connectivity index (χ4n) is 5.06. The number of nitrogens with one attached hydrogen (secondary N) is 1. The van der Waals surface area contributed by atoms with Gasteiger partial charge in [-0.15, -0.1) is 0 Å². The number of aliphatic hydroxyl groups excluding tert-OH is 1. The predicted molar refractivity (Wildman–Crippen MR) is 130 cm³/mol. The van der Waals surface area contributed by atoms with Crippen LogP contribution in [0.25, 0.3) is 10.9 Å². The molecule has 3 aliphatic rings. The summed E-state index contributed by atoms with van der Waals surface area (Å²) in [6.45, 7) is 4.52. The molecule has 33 heavy (non-hydrogen) atoms. The van der Waals surface area contributed by atoms with Gasteiger partial charge in [-0.25, -0.2) is 9.97 Å². The third-order valence-electron chi connectivity index (χ3n) is 7.09. The Labute approximate surface area is 194 Å². The number of hydrogen-bond donors (Lipinski definition) is 2. The first-order valence-electron chi connectivity index (χ1n) is 12.2. The molecular weight excluding hydrogens is 414 g/mol. The van der Waals surface area contributed by atoms with E-state index in [0.29, 0.717) is 12.4 Å². The third-order valence-corrected chi connectivity index (χ3v) is 7.09. The highest BCUT2D eigenvalue weighted by atomic mass is 16.5. The van der Waals surface area contributed by atoms with Crippen molar-refractivity contribution >= 4 is 28.2 Å². The number of aromatic nitrogens is 2. The highest BCUT2D eigenvalue weighted by molar-refractivity contribution is 5.85. The monoisotopic (exact) mass is 445 g/mol. The summed E-state index contributed by atoms with van der Waals surface area (Å²) in [6, 6.07) is 15.3. The molecule has 2 heterocycles. The summed E-state index contributed by atoms with van der Waals surface area (Å²) in [5.41, 5.74) is 3.03. The quantitative estimate of drug-likeness (QED) is 0.595. The van der Waals surface area contributed by atoms with Crippen LogP contribution in [0, 0.1) is 0 Å². The van der Waals surface area contributed by atoms with Crippen molar-refractivity contribution in [1.29, 1.82) is 0 Å². The molecule has 3 aromatic rings. The first-order valence-corrected chi connectivity index (χ1v) is 12.2. The Morgan fingerprint density at radius 3 is 2.48 bits per heavy atom. The van der Waals surface area contributed by atoms with E-state index in [9.17, 15) is 5.11 Å². The van der Waals surface area contributed by atoms with Gasteiger partial charge < -0.3 is 20.1 Å². The zero-order valence-electron chi connectivity index (χ0n) is 18.9. The van der Waals surface area contributed by atoms with Crippen molar-refractivity contribution in [2.24, 2.45) is 0 Å². The molecule has 1 saturated heterocycles. The van der Waals surface area contributed by atoms with E-state index in [0.717, 1.165) is 54.3 Å². The maximum absolute atomic E-state index is 9.82. The Kier molecular flexibility index (Phi) is 5.52. The molecule has 0 amide bonds. The van der Waals surface area contributed by atoms with Crippen molar-refractivity contribution in [2.45, 2.75) is 50.4 Å². The van der Waals surface area contributed by atoms with E-state index in [1.54, 1.807) is 0 Å². The van der Waals surface area contributed by atoms with Gasteiger partial charge in [-0.3, -0.25) is 4.90 Å². The number of fused-ring (bicyclic) bond motifs is 1. The van der Waals surface area contributed by atoms with E-state index in [2.05, 4.69) is 44.4 Å². The molecule has 0 radical (unpaired) electrons. The molecule has 2 aromatic carbocycles. The van der Waals surface area contributed by atoms with Gasteiger partial charge in [0.05, 0.1) is 6.10 Å². The van der Waals surface area contributed by atoms with Crippen molar-refractivity contribution in [1.82, 2.24) is 14.9 Å². The zero-order chi connectivity index (χ0) is 22.2. The topological polar surface area (TPSA) is 73.8 Å². The number of nitrogens with zero attached hydrogens (tertiary/aromatic N) is 4. The standard InChI is InChI=1S/C26H31N5O2/c32-22-10-11-23(16-22)33-24-3-1-2-18-17-27-26(29-25(18)24)28-19-4-6-20(7-5-19)30-12-14-31(15-13-30)21-8-9-21/h1-7,17,21-23,32H,8-16H2,(H,27,28,29). The summed E-state index contributed by atoms with van der Waals surface area (Å²) < 4.78 is 6.19. The molecule has 172 valence electrons. The van der Waals surface area contributed by atoms with Gasteiger partial charge in [0.2, 0.25) is 5.95 Å². The number of ether oxygens (including phenoxy) is 1. The fourth-order valence-corrected chi connectivity index (χ4v) is 5.06. The molecule has 0 spiro atoms. The molecule has 7 nitrogen and oxygen atoms in total. The van der Waals surface area contributed by atoms with E-state index in [-0.39, 0.29) is 12.2 Å². The minimum atomic E-state index is -0.262. The van der Waals surface area contributed by atoms with Gasteiger partial charge in [-0.1, -0.05) is 12.1 Å². The molecule has 2 aliphatic carbocycles. The maximum Gasteiger partial charge on any atom is 0.227 e. The summed E-state index contributed by atoms with van der Waals surface area (Å²) >= 11 is 0. The Bertz CT molecular complexity index is 1110. The molecule has 2 saturated carbocycles. The minimum Gasteiger partial charge on any atom is -0.488 e. The molecule has 1 aliphatic heterocycles. The average molecular weight is 446 g/mol. The molecule has 2 atom stereocenters. The number of anilines is 3. The number of aliphatic hydroxyl groups is 1. The van der Waals surface area contributed by atoms with E-state index in [1.165, 1.54) is 31.6 Å². The number of benzene rings is 2. The van der Waals surface area contributed by atoms with Gasteiger partial charge in [0.15, 0.2) is 0 Å². The average Bonchev–Trinajstić information content (AvgIpc) is 3.62. The summed E-state index contributed by atoms with van der Waals surface area (Å²) in [7, 11) is 0. The van der Waals surface area contributed by atoms with Crippen LogP contribution in [0.2, 0.25) is 0 Å². The van der Waals surface area contributed by atoms with Crippen LogP contribution in [0.5, 0.6) is 5.75 Å². The highest BCUT2D eigenvalue weighted by Crippen LogP contribution is 2.31. The van der Waals surface area contributed by atoms with Gasteiger partial charge in [0.1, 0.15) is 17.4 Å². The summed E-state index contributed by atoms with van der Waals surface area (Å²) in [5.74, 6) is 1.30. The second-order valence-corrected chi connectivity index (χ2v) is 9.52. The Hall–Kier alpha value is -2.90. The number of para-hydroxylation sites is 1. The molecule has 2 N–H and O–H groups in total.